The molecule has 1 aromatic carbocycles. The predicted molar refractivity (Wildman–Crippen MR) is 123 cm³/mol. The number of nitrogens with one attached hydrogen (secondary N) is 2. The van der Waals surface area contributed by atoms with Crippen molar-refractivity contribution in [2.24, 2.45) is 5.73 Å². The fourth-order valence-electron chi connectivity index (χ4n) is 4.21. The second kappa shape index (κ2) is 9.43. The third kappa shape index (κ3) is 4.59. The maximum absolute atomic E-state index is 14.0. The molecule has 10 heteroatoms. The summed E-state index contributed by atoms with van der Waals surface area (Å²) >= 11 is 0. The lowest BCUT2D eigenvalue weighted by Gasteiger charge is -2.32. The number of urea groups is 1. The van der Waals surface area contributed by atoms with Crippen molar-refractivity contribution in [1.29, 1.82) is 0 Å². The Labute approximate surface area is 191 Å². The van der Waals surface area contributed by atoms with E-state index in [2.05, 4.69) is 15.7 Å². The van der Waals surface area contributed by atoms with E-state index in [-0.39, 0.29) is 18.2 Å². The summed E-state index contributed by atoms with van der Waals surface area (Å²) in [5.41, 5.74) is 8.59. The molecule has 3 amide bonds. The van der Waals surface area contributed by atoms with Crippen molar-refractivity contribution in [2.45, 2.75) is 45.8 Å². The number of amides is 3. The van der Waals surface area contributed by atoms with Gasteiger partial charge in [0, 0.05) is 43.5 Å². The number of hydrogen-bond acceptors (Lipinski definition) is 5. The lowest BCUT2D eigenvalue weighted by Crippen LogP contribution is -2.44. The summed E-state index contributed by atoms with van der Waals surface area (Å²) in [6, 6.07) is 5.61. The number of anilines is 1. The largest absolute Gasteiger partial charge is 0.381 e. The monoisotopic (exact) mass is 453 g/mol. The molecule has 1 aliphatic rings. The number of halogens is 1. The molecule has 0 atom stereocenters. The van der Waals surface area contributed by atoms with E-state index >= 15 is 0 Å². The Morgan fingerprint density at radius 2 is 1.97 bits per heavy atom. The Bertz CT molecular complexity index is 1190. The summed E-state index contributed by atoms with van der Waals surface area (Å²) in [6.45, 7) is 5.90. The molecule has 0 bridgehead atoms. The van der Waals surface area contributed by atoms with Gasteiger partial charge in [-0.2, -0.15) is 5.10 Å². The molecule has 1 saturated heterocycles. The van der Waals surface area contributed by atoms with E-state index in [1.54, 1.807) is 23.2 Å². The topological polar surface area (TPSA) is 118 Å². The third-order valence-corrected chi connectivity index (χ3v) is 6.09. The number of pyridine rings is 1. The van der Waals surface area contributed by atoms with Crippen LogP contribution < -0.4 is 16.4 Å². The summed E-state index contributed by atoms with van der Waals surface area (Å²) in [6.07, 6.45) is 3.26. The molecule has 174 valence electrons. The highest BCUT2D eigenvalue weighted by Crippen LogP contribution is 2.31. The second-order valence-electron chi connectivity index (χ2n) is 8.15. The molecule has 0 saturated carbocycles. The Morgan fingerprint density at radius 3 is 2.64 bits per heavy atom. The van der Waals surface area contributed by atoms with Crippen LogP contribution in [0.15, 0.2) is 30.5 Å². The highest BCUT2D eigenvalue weighted by molar-refractivity contribution is 5.95. The van der Waals surface area contributed by atoms with Gasteiger partial charge in [0.25, 0.3) is 5.91 Å². The number of benzene rings is 1. The van der Waals surface area contributed by atoms with Crippen LogP contribution in [0.2, 0.25) is 0 Å². The number of carbonyl (C=O) groups is 2. The molecule has 3 aromatic rings. The van der Waals surface area contributed by atoms with Gasteiger partial charge in [-0.15, -0.1) is 0 Å². The molecule has 4 rings (SSSR count). The van der Waals surface area contributed by atoms with Crippen LogP contribution in [0.1, 0.15) is 41.4 Å². The quantitative estimate of drug-likeness (QED) is 0.530. The molecule has 0 unspecified atom stereocenters. The first kappa shape index (κ1) is 22.5. The number of carbonyl (C=O) groups excluding carboxylic acids is 2. The van der Waals surface area contributed by atoms with Crippen LogP contribution >= 0.6 is 0 Å². The lowest BCUT2D eigenvalue weighted by atomic mass is 10.0. The fraction of sp³-hybridized carbons (Fsp3) is 0.391. The highest BCUT2D eigenvalue weighted by atomic mass is 19.1. The number of aryl methyl sites for hydroxylation is 2. The van der Waals surface area contributed by atoms with Crippen LogP contribution in [0.5, 0.6) is 0 Å². The van der Waals surface area contributed by atoms with Crippen LogP contribution in [0, 0.1) is 12.7 Å². The number of likely N-dealkylation sites (tertiary alicyclic amines) is 1. The van der Waals surface area contributed by atoms with Gasteiger partial charge in [0.15, 0.2) is 5.65 Å². The number of primary amides is 1. The summed E-state index contributed by atoms with van der Waals surface area (Å²) in [4.78, 5) is 30.4. The molecule has 3 heterocycles. The molecule has 0 aliphatic carbocycles. The summed E-state index contributed by atoms with van der Waals surface area (Å²) in [5.74, 6) is -1.05. The number of piperidine rings is 1. The number of nitrogens with two attached hydrogens (primary N) is 1. The molecule has 4 N–H and O–H groups in total. The zero-order chi connectivity index (χ0) is 23.5. The van der Waals surface area contributed by atoms with E-state index < -0.39 is 17.8 Å². The number of hydrogen-bond donors (Lipinski definition) is 3. The average molecular weight is 454 g/mol. The molecular weight excluding hydrogens is 425 g/mol. The van der Waals surface area contributed by atoms with Gasteiger partial charge < -0.3 is 21.3 Å². The van der Waals surface area contributed by atoms with Gasteiger partial charge in [0.05, 0.1) is 22.8 Å². The van der Waals surface area contributed by atoms with Gasteiger partial charge in [-0.3, -0.25) is 4.79 Å². The SMILES string of the molecule is CCn1ncc2c(NC3CCN(C(N)=O)CC3)c(CNC(=O)c3ccccc3F)c(C)nc21. The van der Waals surface area contributed by atoms with E-state index in [4.69, 9.17) is 10.7 Å². The van der Waals surface area contributed by atoms with Crippen molar-refractivity contribution in [3.63, 3.8) is 0 Å². The van der Waals surface area contributed by atoms with Gasteiger partial charge in [0.2, 0.25) is 0 Å². The average Bonchev–Trinajstić information content (AvgIpc) is 3.21. The number of aromatic nitrogens is 3. The van der Waals surface area contributed by atoms with Gasteiger partial charge in [-0.25, -0.2) is 18.9 Å². The number of fused-ring (bicyclic) bond motifs is 1. The predicted octanol–water partition coefficient (Wildman–Crippen LogP) is 2.78. The second-order valence-corrected chi connectivity index (χ2v) is 8.15. The standard InChI is InChI=1S/C23H28FN7O2/c1-3-31-21-18(13-27-31)20(29-15-8-10-30(11-9-15)23(25)33)17(14(2)28-21)12-26-22(32)16-6-4-5-7-19(16)24/h4-7,13,15H,3,8-12H2,1-2H3,(H2,25,33)(H,26,32)(H,28,29). The van der Waals surface area contributed by atoms with Crippen LogP contribution in [0.3, 0.4) is 0 Å². The molecule has 33 heavy (non-hydrogen) atoms. The molecule has 0 spiro atoms. The fourth-order valence-corrected chi connectivity index (χ4v) is 4.21. The molecule has 0 radical (unpaired) electrons. The minimum absolute atomic E-state index is 0.00340. The van der Waals surface area contributed by atoms with E-state index in [1.165, 1.54) is 12.1 Å². The lowest BCUT2D eigenvalue weighted by molar-refractivity contribution is 0.0947. The Morgan fingerprint density at radius 1 is 1.24 bits per heavy atom. The Hall–Kier alpha value is -3.69. The molecule has 1 fully saturated rings. The maximum Gasteiger partial charge on any atom is 0.314 e. The third-order valence-electron chi connectivity index (χ3n) is 6.09. The van der Waals surface area contributed by atoms with Crippen LogP contribution in [-0.4, -0.2) is 50.7 Å². The van der Waals surface area contributed by atoms with Crippen molar-refractivity contribution < 1.29 is 14.0 Å². The Balaban J connectivity index is 1.62. The van der Waals surface area contributed by atoms with Crippen molar-refractivity contribution in [3.05, 3.63) is 53.1 Å². The Kier molecular flexibility index (Phi) is 6.43. The zero-order valence-corrected chi connectivity index (χ0v) is 18.8. The normalized spacial score (nSPS) is 14.5. The zero-order valence-electron chi connectivity index (χ0n) is 18.8. The summed E-state index contributed by atoms with van der Waals surface area (Å²) in [5, 5.41) is 11.7. The van der Waals surface area contributed by atoms with Crippen LogP contribution in [0.25, 0.3) is 11.0 Å². The minimum Gasteiger partial charge on any atom is -0.381 e. The molecule has 2 aromatic heterocycles. The first-order valence-electron chi connectivity index (χ1n) is 11.1. The first-order valence-corrected chi connectivity index (χ1v) is 11.1. The summed E-state index contributed by atoms with van der Waals surface area (Å²) < 4.78 is 15.9. The smallest absolute Gasteiger partial charge is 0.314 e. The van der Waals surface area contributed by atoms with Crippen LogP contribution in [0.4, 0.5) is 14.9 Å². The van der Waals surface area contributed by atoms with Crippen LogP contribution in [-0.2, 0) is 13.1 Å². The van der Waals surface area contributed by atoms with E-state index in [0.717, 1.165) is 40.8 Å². The number of nitrogens with zero attached hydrogens (tertiary/aromatic N) is 4. The van der Waals surface area contributed by atoms with Crippen molar-refractivity contribution in [3.8, 4) is 0 Å². The van der Waals surface area contributed by atoms with Gasteiger partial charge in [0.1, 0.15) is 5.82 Å². The van der Waals surface area contributed by atoms with E-state index in [1.807, 2.05) is 18.5 Å². The maximum atomic E-state index is 14.0. The van der Waals surface area contributed by atoms with Gasteiger partial charge in [-0.05, 0) is 38.8 Å². The highest BCUT2D eigenvalue weighted by Gasteiger charge is 2.24. The first-order chi connectivity index (χ1) is 15.9. The van der Waals surface area contributed by atoms with E-state index in [0.29, 0.717) is 19.6 Å². The van der Waals surface area contributed by atoms with Gasteiger partial charge >= 0.3 is 6.03 Å². The summed E-state index contributed by atoms with van der Waals surface area (Å²) in [7, 11) is 0. The van der Waals surface area contributed by atoms with Crippen molar-refractivity contribution >= 4 is 28.7 Å². The molecular formula is C23H28FN7O2. The van der Waals surface area contributed by atoms with Gasteiger partial charge in [-0.1, -0.05) is 12.1 Å². The molecule has 9 nitrogen and oxygen atoms in total. The number of rotatable bonds is 6. The van der Waals surface area contributed by atoms with E-state index in [9.17, 15) is 14.0 Å². The van der Waals surface area contributed by atoms with Crippen molar-refractivity contribution in [1.82, 2.24) is 25.0 Å². The molecule has 1 aliphatic heterocycles. The van der Waals surface area contributed by atoms with Crippen molar-refractivity contribution in [2.75, 3.05) is 18.4 Å². The minimum atomic E-state index is -0.566.